The van der Waals surface area contributed by atoms with Gasteiger partial charge in [-0.05, 0) is 18.5 Å². The van der Waals surface area contributed by atoms with Crippen LogP contribution < -0.4 is 15.9 Å². The van der Waals surface area contributed by atoms with E-state index in [4.69, 9.17) is 0 Å². The second-order valence-corrected chi connectivity index (χ2v) is 6.89. The van der Waals surface area contributed by atoms with E-state index in [1.54, 1.807) is 60.7 Å². The van der Waals surface area contributed by atoms with E-state index in [2.05, 4.69) is 6.07 Å². The van der Waals surface area contributed by atoms with Crippen LogP contribution in [0.2, 0.25) is 0 Å². The largest absolute Gasteiger partial charge is 0.281 e. The third kappa shape index (κ3) is 2.99. The maximum Gasteiger partial charge on any atom is 0.0871 e. The Morgan fingerprint density at radius 1 is 0.609 bits per heavy atom. The second kappa shape index (κ2) is 6.51. The minimum absolute atomic E-state index is 0.297. The second-order valence-electron chi connectivity index (χ2n) is 4.74. The van der Waals surface area contributed by atoms with Gasteiger partial charge in [0.25, 0.3) is 0 Å². The number of halogens is 4. The Bertz CT molecular complexity index is 780. The van der Waals surface area contributed by atoms with Crippen LogP contribution in [0.1, 0.15) is 0 Å². The lowest BCUT2D eigenvalue weighted by atomic mass is 10.3. The summed E-state index contributed by atoms with van der Waals surface area (Å²) >= 11 is 0. The molecule has 3 aromatic carbocycles. The van der Waals surface area contributed by atoms with Gasteiger partial charge < -0.3 is 0 Å². The summed E-state index contributed by atoms with van der Waals surface area (Å²) in [7, 11) is -1.59. The molecular formula is C18H10F4P-. The van der Waals surface area contributed by atoms with Gasteiger partial charge in [-0.3, -0.25) is 8.78 Å². The van der Waals surface area contributed by atoms with Crippen molar-refractivity contribution in [3.8, 4) is 0 Å². The Balaban J connectivity index is 2.26. The predicted molar refractivity (Wildman–Crippen MR) is 83.8 cm³/mol. The van der Waals surface area contributed by atoms with Crippen LogP contribution in [0, 0.1) is 29.3 Å². The Morgan fingerprint density at radius 2 is 1.09 bits per heavy atom. The van der Waals surface area contributed by atoms with Gasteiger partial charge in [-0.1, -0.05) is 66.0 Å². The highest BCUT2D eigenvalue weighted by atomic mass is 31.1. The quantitative estimate of drug-likeness (QED) is 0.225. The van der Waals surface area contributed by atoms with Gasteiger partial charge in [-0.25, -0.2) is 8.78 Å². The summed E-state index contributed by atoms with van der Waals surface area (Å²) < 4.78 is 54.7. The summed E-state index contributed by atoms with van der Waals surface area (Å²) in [5.74, 6) is -6.57. The molecule has 0 spiro atoms. The lowest BCUT2D eigenvalue weighted by molar-refractivity contribution is 0.412. The van der Waals surface area contributed by atoms with Gasteiger partial charge in [0.05, 0.1) is 17.5 Å². The van der Waals surface area contributed by atoms with E-state index in [9.17, 15) is 17.6 Å². The van der Waals surface area contributed by atoms with E-state index in [0.29, 0.717) is 10.6 Å². The van der Waals surface area contributed by atoms with Crippen LogP contribution in [0.15, 0.2) is 60.7 Å². The number of rotatable bonds is 3. The summed E-state index contributed by atoms with van der Waals surface area (Å²) in [6, 6.07) is 19.6. The van der Waals surface area contributed by atoms with Crippen molar-refractivity contribution in [3.63, 3.8) is 0 Å². The lowest BCUT2D eigenvalue weighted by Crippen LogP contribution is -2.25. The fourth-order valence-electron chi connectivity index (χ4n) is 2.23. The Labute approximate surface area is 132 Å². The molecule has 0 heterocycles. The van der Waals surface area contributed by atoms with Crippen LogP contribution in [0.25, 0.3) is 0 Å². The minimum Gasteiger partial charge on any atom is -0.281 e. The van der Waals surface area contributed by atoms with Gasteiger partial charge in [-0.15, -0.1) is 6.07 Å². The summed E-state index contributed by atoms with van der Waals surface area (Å²) in [6.45, 7) is 0. The Hall–Kier alpha value is -2.19. The molecule has 0 saturated heterocycles. The first-order chi connectivity index (χ1) is 11.1. The van der Waals surface area contributed by atoms with Crippen molar-refractivity contribution in [2.24, 2.45) is 0 Å². The van der Waals surface area contributed by atoms with E-state index in [1.807, 2.05) is 0 Å². The highest BCUT2D eigenvalue weighted by Crippen LogP contribution is 2.34. The van der Waals surface area contributed by atoms with Crippen molar-refractivity contribution < 1.29 is 17.6 Å². The van der Waals surface area contributed by atoms with Crippen LogP contribution in [0.3, 0.4) is 0 Å². The smallest absolute Gasteiger partial charge is 0.0871 e. The van der Waals surface area contributed by atoms with E-state index >= 15 is 0 Å². The molecule has 0 fully saturated rings. The Kier molecular flexibility index (Phi) is 4.44. The number of hydrogen-bond donors (Lipinski definition) is 0. The average Bonchev–Trinajstić information content (AvgIpc) is 2.60. The maximum atomic E-state index is 14.3. The molecule has 0 bridgehead atoms. The molecule has 116 valence electrons. The standard InChI is InChI=1S/C18H10F4P/c19-14-11-15(17(21)18(22)16(14)20)23(12-7-3-1-4-8-12)13-9-5-2-6-10-13/h1-10H/q-1. The molecule has 5 heteroatoms. The highest BCUT2D eigenvalue weighted by Gasteiger charge is 2.19. The molecule has 0 unspecified atom stereocenters. The summed E-state index contributed by atoms with van der Waals surface area (Å²) in [5, 5.41) is 1.08. The van der Waals surface area contributed by atoms with Gasteiger partial charge >= 0.3 is 0 Å². The molecular weight excluding hydrogens is 323 g/mol. The fourth-order valence-corrected chi connectivity index (χ4v) is 4.49. The van der Waals surface area contributed by atoms with Crippen molar-refractivity contribution >= 4 is 23.8 Å². The van der Waals surface area contributed by atoms with Crippen LogP contribution in [-0.4, -0.2) is 0 Å². The first-order valence-corrected chi connectivity index (χ1v) is 8.09. The molecule has 0 atom stereocenters. The van der Waals surface area contributed by atoms with Crippen molar-refractivity contribution in [2.45, 2.75) is 0 Å². The topological polar surface area (TPSA) is 0 Å². The van der Waals surface area contributed by atoms with Crippen molar-refractivity contribution in [1.82, 2.24) is 0 Å². The number of hydrogen-bond acceptors (Lipinski definition) is 0. The predicted octanol–water partition coefficient (Wildman–Crippen LogP) is 3.80. The highest BCUT2D eigenvalue weighted by molar-refractivity contribution is 7.79. The average molecular weight is 333 g/mol. The normalized spacial score (nSPS) is 11.0. The minimum atomic E-state index is -1.85. The zero-order valence-electron chi connectivity index (χ0n) is 11.7. The molecule has 0 aliphatic rings. The van der Waals surface area contributed by atoms with Gasteiger partial charge in [0, 0.05) is 5.82 Å². The zero-order chi connectivity index (χ0) is 16.4. The summed E-state index contributed by atoms with van der Waals surface area (Å²) in [6.07, 6.45) is 0. The molecule has 3 rings (SSSR count). The van der Waals surface area contributed by atoms with Crippen molar-refractivity contribution in [3.05, 3.63) is 90.0 Å². The van der Waals surface area contributed by atoms with Crippen molar-refractivity contribution in [2.75, 3.05) is 0 Å². The van der Waals surface area contributed by atoms with E-state index < -0.39 is 31.2 Å². The van der Waals surface area contributed by atoms with Gasteiger partial charge in [0.1, 0.15) is 0 Å². The van der Waals surface area contributed by atoms with E-state index in [-0.39, 0.29) is 5.30 Å². The third-order valence-corrected chi connectivity index (χ3v) is 5.65. The lowest BCUT2D eigenvalue weighted by Gasteiger charge is -2.25. The first kappa shape index (κ1) is 15.7. The molecule has 0 amide bonds. The molecule has 0 N–H and O–H groups in total. The van der Waals surface area contributed by atoms with Crippen LogP contribution in [-0.2, 0) is 0 Å². The zero-order valence-corrected chi connectivity index (χ0v) is 12.6. The number of benzene rings is 3. The van der Waals surface area contributed by atoms with Crippen LogP contribution >= 0.6 is 7.92 Å². The first-order valence-electron chi connectivity index (χ1n) is 6.75. The molecule has 0 aliphatic carbocycles. The molecule has 0 nitrogen and oxygen atoms in total. The third-order valence-electron chi connectivity index (χ3n) is 3.27. The molecule has 3 aromatic rings. The fraction of sp³-hybridized carbons (Fsp3) is 0. The van der Waals surface area contributed by atoms with Crippen molar-refractivity contribution in [1.29, 1.82) is 0 Å². The summed E-state index contributed by atoms with van der Waals surface area (Å²) in [4.78, 5) is 0. The molecule has 0 aliphatic heterocycles. The molecule has 23 heavy (non-hydrogen) atoms. The monoisotopic (exact) mass is 333 g/mol. The summed E-state index contributed by atoms with van der Waals surface area (Å²) in [5.41, 5.74) is 0. The Morgan fingerprint density at radius 3 is 1.57 bits per heavy atom. The van der Waals surface area contributed by atoms with Gasteiger partial charge in [0.15, 0.2) is 0 Å². The molecule has 0 saturated carbocycles. The maximum absolute atomic E-state index is 14.3. The van der Waals surface area contributed by atoms with Gasteiger partial charge in [-0.2, -0.15) is 0 Å². The van der Waals surface area contributed by atoms with E-state index in [1.165, 1.54) is 0 Å². The van der Waals surface area contributed by atoms with Crippen LogP contribution in [0.5, 0.6) is 0 Å². The van der Waals surface area contributed by atoms with Gasteiger partial charge in [0.2, 0.25) is 0 Å². The SMILES string of the molecule is Fc1[c-]c(P(c2ccccc2)c2ccccc2)c(F)c(F)c1F. The van der Waals surface area contributed by atoms with E-state index in [0.717, 1.165) is 0 Å². The molecule has 0 aromatic heterocycles. The molecule has 0 radical (unpaired) electrons. The van der Waals surface area contributed by atoms with Crippen LogP contribution in [0.4, 0.5) is 17.6 Å².